The van der Waals surface area contributed by atoms with Crippen molar-refractivity contribution >= 4 is 27.3 Å². The molecule has 0 spiro atoms. The molecular weight excluding hydrogens is 346 g/mol. The van der Waals surface area contributed by atoms with E-state index in [0.717, 1.165) is 15.6 Å². The van der Waals surface area contributed by atoms with Gasteiger partial charge in [0.25, 0.3) is 0 Å². The highest BCUT2D eigenvalue weighted by atomic mass is 79.9. The van der Waals surface area contributed by atoms with Gasteiger partial charge in [0.05, 0.1) is 15.2 Å². The number of nitrogens with one attached hydrogen (secondary N) is 1. The number of hydrogen-bond acceptors (Lipinski definition) is 3. The Hall–Kier alpha value is -0.850. The number of benzene rings is 1. The molecule has 1 heterocycles. The van der Waals surface area contributed by atoms with Crippen molar-refractivity contribution in [3.05, 3.63) is 49.4 Å². The molecule has 1 aromatic heterocycles. The van der Waals surface area contributed by atoms with Crippen LogP contribution in [0.3, 0.4) is 0 Å². The highest BCUT2D eigenvalue weighted by molar-refractivity contribution is 9.10. The molecule has 0 amide bonds. The number of hydrogen-bond donors (Lipinski definition) is 1. The molecule has 1 N–H and O–H groups in total. The number of aryl methyl sites for hydroxylation is 2. The van der Waals surface area contributed by atoms with E-state index in [2.05, 4.69) is 26.2 Å². The third kappa shape index (κ3) is 3.07. The molecule has 0 saturated carbocycles. The zero-order valence-electron chi connectivity index (χ0n) is 11.4. The highest BCUT2D eigenvalue weighted by Crippen LogP contribution is 2.30. The van der Waals surface area contributed by atoms with E-state index >= 15 is 0 Å². The molecule has 20 heavy (non-hydrogen) atoms. The summed E-state index contributed by atoms with van der Waals surface area (Å²) in [6, 6.07) is 2.50. The molecule has 0 bridgehead atoms. The first-order chi connectivity index (χ1) is 9.43. The molecular formula is C14H15BrF2N2S. The van der Waals surface area contributed by atoms with Crippen molar-refractivity contribution in [3.63, 3.8) is 0 Å². The number of halogens is 3. The van der Waals surface area contributed by atoms with Crippen molar-refractivity contribution in [3.8, 4) is 0 Å². The van der Waals surface area contributed by atoms with E-state index in [1.54, 1.807) is 18.4 Å². The minimum atomic E-state index is -0.538. The molecule has 2 aromatic rings. The minimum Gasteiger partial charge on any atom is -0.312 e. The van der Waals surface area contributed by atoms with Crippen molar-refractivity contribution in [2.24, 2.45) is 0 Å². The monoisotopic (exact) mass is 360 g/mol. The van der Waals surface area contributed by atoms with Gasteiger partial charge >= 0.3 is 0 Å². The van der Waals surface area contributed by atoms with Crippen LogP contribution >= 0.6 is 27.3 Å². The first kappa shape index (κ1) is 15.5. The SMILES string of the molecule is CNC(Cc1c(F)ccc(Br)c1F)c1sc(C)nc1C. The van der Waals surface area contributed by atoms with E-state index in [1.807, 2.05) is 13.8 Å². The Morgan fingerprint density at radius 1 is 1.35 bits per heavy atom. The Morgan fingerprint density at radius 2 is 2.05 bits per heavy atom. The predicted octanol–water partition coefficient (Wildman–Crippen LogP) is 4.30. The van der Waals surface area contributed by atoms with E-state index in [4.69, 9.17) is 0 Å². The Balaban J connectivity index is 2.36. The second-order valence-corrected chi connectivity index (χ2v) is 6.64. The first-order valence-corrected chi connectivity index (χ1v) is 7.78. The van der Waals surface area contributed by atoms with Gasteiger partial charge in [-0.15, -0.1) is 11.3 Å². The molecule has 0 radical (unpaired) electrons. The summed E-state index contributed by atoms with van der Waals surface area (Å²) < 4.78 is 28.2. The van der Waals surface area contributed by atoms with Gasteiger partial charge < -0.3 is 5.32 Å². The molecule has 108 valence electrons. The fourth-order valence-electron chi connectivity index (χ4n) is 2.16. The van der Waals surface area contributed by atoms with Gasteiger partial charge in [0.2, 0.25) is 0 Å². The summed E-state index contributed by atoms with van der Waals surface area (Å²) in [7, 11) is 1.78. The third-order valence-corrected chi connectivity index (χ3v) is 4.95. The molecule has 0 fully saturated rings. The van der Waals surface area contributed by atoms with Crippen molar-refractivity contribution in [2.75, 3.05) is 7.05 Å². The van der Waals surface area contributed by atoms with Crippen LogP contribution in [0.4, 0.5) is 8.78 Å². The standard InChI is InChI=1S/C14H15BrF2N2S/c1-7-14(20-8(2)19-7)12(18-3)6-9-11(16)5-4-10(15)13(9)17/h4-5,12,18H,6H2,1-3H3. The number of aromatic nitrogens is 1. The van der Waals surface area contributed by atoms with E-state index in [1.165, 1.54) is 12.1 Å². The van der Waals surface area contributed by atoms with Crippen LogP contribution in [0, 0.1) is 25.5 Å². The largest absolute Gasteiger partial charge is 0.312 e. The van der Waals surface area contributed by atoms with Crippen LogP contribution in [0.1, 0.15) is 27.2 Å². The third-order valence-electron chi connectivity index (χ3n) is 3.15. The summed E-state index contributed by atoms with van der Waals surface area (Å²) >= 11 is 4.65. The topological polar surface area (TPSA) is 24.9 Å². The smallest absolute Gasteiger partial charge is 0.143 e. The van der Waals surface area contributed by atoms with Crippen LogP contribution in [-0.4, -0.2) is 12.0 Å². The Bertz CT molecular complexity index is 628. The number of likely N-dealkylation sites (N-methyl/N-ethyl adjacent to an activating group) is 1. The summed E-state index contributed by atoms with van der Waals surface area (Å²) in [5.41, 5.74) is 0.992. The minimum absolute atomic E-state index is 0.0872. The Kier molecular flexibility index (Phi) is 4.88. The van der Waals surface area contributed by atoms with E-state index < -0.39 is 11.6 Å². The first-order valence-electron chi connectivity index (χ1n) is 6.17. The van der Waals surface area contributed by atoms with Crippen molar-refractivity contribution in [1.82, 2.24) is 10.3 Å². The molecule has 0 saturated heterocycles. The Labute approximate surface area is 129 Å². The van der Waals surface area contributed by atoms with Gasteiger partial charge in [-0.25, -0.2) is 13.8 Å². The molecule has 1 unspecified atom stereocenters. The summed E-state index contributed by atoms with van der Waals surface area (Å²) in [6.07, 6.45) is 0.246. The van der Waals surface area contributed by atoms with Gasteiger partial charge in [-0.3, -0.25) is 0 Å². The summed E-state index contributed by atoms with van der Waals surface area (Å²) in [6.45, 7) is 3.84. The van der Waals surface area contributed by atoms with Crippen LogP contribution in [0.15, 0.2) is 16.6 Å². The predicted molar refractivity (Wildman–Crippen MR) is 81.2 cm³/mol. The lowest BCUT2D eigenvalue weighted by Crippen LogP contribution is -2.20. The number of nitrogens with zero attached hydrogens (tertiary/aromatic N) is 1. The molecule has 2 nitrogen and oxygen atoms in total. The van der Waals surface area contributed by atoms with Crippen LogP contribution in [0.5, 0.6) is 0 Å². The van der Waals surface area contributed by atoms with Crippen molar-refractivity contribution in [1.29, 1.82) is 0 Å². The van der Waals surface area contributed by atoms with Crippen LogP contribution in [0.25, 0.3) is 0 Å². The fourth-order valence-corrected chi connectivity index (χ4v) is 3.57. The quantitative estimate of drug-likeness (QED) is 0.822. The van der Waals surface area contributed by atoms with Gasteiger partial charge in [0.1, 0.15) is 11.6 Å². The average Bonchev–Trinajstić information content (AvgIpc) is 2.74. The van der Waals surface area contributed by atoms with Crippen molar-refractivity contribution in [2.45, 2.75) is 26.3 Å². The summed E-state index contributed by atoms with van der Waals surface area (Å²) in [4.78, 5) is 5.38. The van der Waals surface area contributed by atoms with Crippen molar-refractivity contribution < 1.29 is 8.78 Å². The van der Waals surface area contributed by atoms with Gasteiger partial charge in [-0.05, 0) is 55.4 Å². The lowest BCUT2D eigenvalue weighted by molar-refractivity contribution is 0.514. The van der Waals surface area contributed by atoms with Crippen LogP contribution < -0.4 is 5.32 Å². The molecule has 2 rings (SSSR count). The highest BCUT2D eigenvalue weighted by Gasteiger charge is 2.21. The second kappa shape index (κ2) is 6.28. The van der Waals surface area contributed by atoms with Gasteiger partial charge in [0, 0.05) is 16.5 Å². The zero-order valence-corrected chi connectivity index (χ0v) is 13.8. The second-order valence-electron chi connectivity index (χ2n) is 4.55. The molecule has 0 aliphatic carbocycles. The maximum atomic E-state index is 14.1. The molecule has 0 aliphatic heterocycles. The lowest BCUT2D eigenvalue weighted by Gasteiger charge is -2.16. The molecule has 1 aromatic carbocycles. The Morgan fingerprint density at radius 3 is 2.60 bits per heavy atom. The van der Waals surface area contributed by atoms with Gasteiger partial charge in [-0.2, -0.15) is 0 Å². The van der Waals surface area contributed by atoms with Gasteiger partial charge in [0.15, 0.2) is 0 Å². The summed E-state index contributed by atoms with van der Waals surface area (Å²) in [5.74, 6) is -1.06. The van der Waals surface area contributed by atoms with Gasteiger partial charge in [-0.1, -0.05) is 0 Å². The fraction of sp³-hybridized carbons (Fsp3) is 0.357. The molecule has 1 atom stereocenters. The van der Waals surface area contributed by atoms with E-state index in [-0.39, 0.29) is 22.5 Å². The van der Waals surface area contributed by atoms with E-state index in [0.29, 0.717) is 0 Å². The van der Waals surface area contributed by atoms with E-state index in [9.17, 15) is 8.78 Å². The van der Waals surface area contributed by atoms with Crippen LogP contribution in [-0.2, 0) is 6.42 Å². The summed E-state index contributed by atoms with van der Waals surface area (Å²) in [5, 5.41) is 4.07. The normalized spacial score (nSPS) is 12.7. The zero-order chi connectivity index (χ0) is 14.9. The number of thiazole rings is 1. The average molecular weight is 361 g/mol. The maximum Gasteiger partial charge on any atom is 0.143 e. The maximum absolute atomic E-state index is 14.1. The molecule has 6 heteroatoms. The van der Waals surface area contributed by atoms with Crippen LogP contribution in [0.2, 0.25) is 0 Å². The lowest BCUT2D eigenvalue weighted by atomic mass is 10.0. The molecule has 0 aliphatic rings. The number of rotatable bonds is 4.